The number of rotatable bonds is 6. The molecule has 0 bridgehead atoms. The first-order valence-electron chi connectivity index (χ1n) is 7.73. The third-order valence-electron chi connectivity index (χ3n) is 3.63. The van der Waals surface area contributed by atoms with Gasteiger partial charge in [-0.1, -0.05) is 29.8 Å². The minimum atomic E-state index is 0.669. The molecule has 1 N–H and O–H groups in total. The van der Waals surface area contributed by atoms with E-state index in [4.69, 9.17) is 9.47 Å². The second kappa shape index (κ2) is 7.81. The quantitative estimate of drug-likeness (QED) is 0.520. The molecule has 0 unspecified atom stereocenters. The standard InChI is InChI=1S/C19H19N3O2S/c1-13-4-7-15(8-5-13)16-12-25-19(21-16)22-20-11-14-6-9-17(23-2)18(10-14)24-3/h4-12H,1-3H3,(H,21,22). The summed E-state index contributed by atoms with van der Waals surface area (Å²) in [4.78, 5) is 4.55. The van der Waals surface area contributed by atoms with Crippen molar-refractivity contribution >= 4 is 22.7 Å². The molecule has 0 saturated heterocycles. The van der Waals surface area contributed by atoms with Crippen LogP contribution in [0.4, 0.5) is 5.13 Å². The summed E-state index contributed by atoms with van der Waals surface area (Å²) < 4.78 is 10.5. The van der Waals surface area contributed by atoms with Crippen LogP contribution < -0.4 is 14.9 Å². The van der Waals surface area contributed by atoms with Crippen LogP contribution in [0.1, 0.15) is 11.1 Å². The van der Waals surface area contributed by atoms with Crippen LogP contribution in [0.2, 0.25) is 0 Å². The van der Waals surface area contributed by atoms with E-state index in [1.54, 1.807) is 20.4 Å². The molecule has 0 spiro atoms. The zero-order valence-corrected chi connectivity index (χ0v) is 15.1. The van der Waals surface area contributed by atoms with Crippen molar-refractivity contribution in [2.24, 2.45) is 5.10 Å². The Morgan fingerprint density at radius 3 is 2.52 bits per heavy atom. The van der Waals surface area contributed by atoms with Gasteiger partial charge in [0.15, 0.2) is 11.5 Å². The highest BCUT2D eigenvalue weighted by Gasteiger charge is 2.05. The molecule has 0 aliphatic heterocycles. The normalized spacial score (nSPS) is 10.8. The van der Waals surface area contributed by atoms with Gasteiger partial charge >= 0.3 is 0 Å². The first-order valence-corrected chi connectivity index (χ1v) is 8.61. The molecule has 0 atom stereocenters. The monoisotopic (exact) mass is 353 g/mol. The predicted molar refractivity (Wildman–Crippen MR) is 103 cm³/mol. The van der Waals surface area contributed by atoms with Gasteiger partial charge in [-0.25, -0.2) is 4.98 Å². The molecule has 0 fully saturated rings. The second-order valence-electron chi connectivity index (χ2n) is 5.39. The molecule has 6 heteroatoms. The first kappa shape index (κ1) is 17.0. The maximum absolute atomic E-state index is 5.28. The lowest BCUT2D eigenvalue weighted by molar-refractivity contribution is 0.355. The SMILES string of the molecule is COc1ccc(C=NNc2nc(-c3ccc(C)cc3)cs2)cc1OC. The van der Waals surface area contributed by atoms with Crippen molar-refractivity contribution in [1.29, 1.82) is 0 Å². The fourth-order valence-corrected chi connectivity index (χ4v) is 2.95. The van der Waals surface area contributed by atoms with Crippen molar-refractivity contribution in [1.82, 2.24) is 4.98 Å². The molecule has 0 radical (unpaired) electrons. The van der Waals surface area contributed by atoms with Crippen molar-refractivity contribution < 1.29 is 9.47 Å². The molecule has 25 heavy (non-hydrogen) atoms. The number of hydrogen-bond acceptors (Lipinski definition) is 6. The van der Waals surface area contributed by atoms with E-state index in [1.165, 1.54) is 16.9 Å². The fraction of sp³-hybridized carbons (Fsp3) is 0.158. The minimum absolute atomic E-state index is 0.669. The van der Waals surface area contributed by atoms with Crippen molar-refractivity contribution in [2.45, 2.75) is 6.92 Å². The Bertz CT molecular complexity index is 873. The molecule has 1 aromatic heterocycles. The molecule has 2 aromatic carbocycles. The average molecular weight is 353 g/mol. The van der Waals surface area contributed by atoms with Crippen LogP contribution in [-0.2, 0) is 0 Å². The summed E-state index contributed by atoms with van der Waals surface area (Å²) in [6.45, 7) is 2.07. The van der Waals surface area contributed by atoms with Gasteiger partial charge in [0.25, 0.3) is 0 Å². The van der Waals surface area contributed by atoms with Gasteiger partial charge in [-0.05, 0) is 30.7 Å². The third kappa shape index (κ3) is 4.16. The van der Waals surface area contributed by atoms with Gasteiger partial charge in [-0.2, -0.15) is 5.10 Å². The van der Waals surface area contributed by atoms with Gasteiger partial charge in [0, 0.05) is 10.9 Å². The van der Waals surface area contributed by atoms with E-state index in [9.17, 15) is 0 Å². The molecule has 3 rings (SSSR count). The van der Waals surface area contributed by atoms with E-state index in [-0.39, 0.29) is 0 Å². The van der Waals surface area contributed by atoms with Crippen molar-refractivity contribution in [3.63, 3.8) is 0 Å². The zero-order valence-electron chi connectivity index (χ0n) is 14.3. The van der Waals surface area contributed by atoms with E-state index in [1.807, 2.05) is 23.6 Å². The summed E-state index contributed by atoms with van der Waals surface area (Å²) in [6.07, 6.45) is 1.72. The summed E-state index contributed by atoms with van der Waals surface area (Å²) >= 11 is 1.52. The third-order valence-corrected chi connectivity index (χ3v) is 4.38. The maximum Gasteiger partial charge on any atom is 0.203 e. The van der Waals surface area contributed by atoms with E-state index in [0.29, 0.717) is 11.5 Å². The molecule has 0 aliphatic rings. The maximum atomic E-state index is 5.28. The number of nitrogens with one attached hydrogen (secondary N) is 1. The Kier molecular flexibility index (Phi) is 5.30. The van der Waals surface area contributed by atoms with E-state index < -0.39 is 0 Å². The average Bonchev–Trinajstić information content (AvgIpc) is 3.11. The van der Waals surface area contributed by atoms with Crippen LogP contribution in [0.25, 0.3) is 11.3 Å². The van der Waals surface area contributed by atoms with E-state index in [2.05, 4.69) is 46.7 Å². The number of ether oxygens (including phenoxy) is 2. The highest BCUT2D eigenvalue weighted by molar-refractivity contribution is 7.14. The highest BCUT2D eigenvalue weighted by Crippen LogP contribution is 2.27. The molecular formula is C19H19N3O2S. The lowest BCUT2D eigenvalue weighted by Gasteiger charge is -2.07. The van der Waals surface area contributed by atoms with Crippen LogP contribution in [0.5, 0.6) is 11.5 Å². The van der Waals surface area contributed by atoms with Crippen LogP contribution in [-0.4, -0.2) is 25.4 Å². The number of benzene rings is 2. The summed E-state index contributed by atoms with van der Waals surface area (Å²) in [5.41, 5.74) is 7.14. The van der Waals surface area contributed by atoms with E-state index >= 15 is 0 Å². The number of aromatic nitrogens is 1. The Hall–Kier alpha value is -2.86. The zero-order chi connectivity index (χ0) is 17.6. The van der Waals surface area contributed by atoms with Gasteiger partial charge in [-0.3, -0.25) is 5.43 Å². The van der Waals surface area contributed by atoms with E-state index in [0.717, 1.165) is 22.0 Å². The number of anilines is 1. The lowest BCUT2D eigenvalue weighted by atomic mass is 10.1. The Morgan fingerprint density at radius 1 is 1.04 bits per heavy atom. The number of methoxy groups -OCH3 is 2. The molecule has 5 nitrogen and oxygen atoms in total. The Morgan fingerprint density at radius 2 is 1.80 bits per heavy atom. The van der Waals surface area contributed by atoms with Crippen LogP contribution in [0, 0.1) is 6.92 Å². The second-order valence-corrected chi connectivity index (χ2v) is 6.25. The van der Waals surface area contributed by atoms with Gasteiger partial charge in [0.05, 0.1) is 26.1 Å². The topological polar surface area (TPSA) is 55.7 Å². The number of hydrogen-bond donors (Lipinski definition) is 1. The first-order chi connectivity index (χ1) is 12.2. The van der Waals surface area contributed by atoms with Crippen molar-refractivity contribution in [3.05, 3.63) is 59.0 Å². The summed E-state index contributed by atoms with van der Waals surface area (Å²) in [6, 6.07) is 13.9. The molecule has 3 aromatic rings. The molecule has 0 aliphatic carbocycles. The van der Waals surface area contributed by atoms with Crippen molar-refractivity contribution in [2.75, 3.05) is 19.6 Å². The largest absolute Gasteiger partial charge is 0.493 e. The number of hydrazone groups is 1. The minimum Gasteiger partial charge on any atom is -0.493 e. The molecule has 128 valence electrons. The van der Waals surface area contributed by atoms with Crippen LogP contribution in [0.15, 0.2) is 52.9 Å². The molecule has 0 amide bonds. The summed E-state index contributed by atoms with van der Waals surface area (Å²) in [5, 5.41) is 7.00. The number of nitrogens with zero attached hydrogens (tertiary/aromatic N) is 2. The van der Waals surface area contributed by atoms with Gasteiger partial charge in [-0.15, -0.1) is 11.3 Å². The summed E-state index contributed by atoms with van der Waals surface area (Å²) in [5.74, 6) is 1.36. The molecule has 1 heterocycles. The van der Waals surface area contributed by atoms with Gasteiger partial charge in [0.2, 0.25) is 5.13 Å². The highest BCUT2D eigenvalue weighted by atomic mass is 32.1. The van der Waals surface area contributed by atoms with Gasteiger partial charge < -0.3 is 9.47 Å². The summed E-state index contributed by atoms with van der Waals surface area (Å²) in [7, 11) is 3.22. The van der Waals surface area contributed by atoms with Crippen molar-refractivity contribution in [3.8, 4) is 22.8 Å². The Labute approximate surface area is 151 Å². The number of aryl methyl sites for hydroxylation is 1. The van der Waals surface area contributed by atoms with Crippen LogP contribution in [0.3, 0.4) is 0 Å². The Balaban J connectivity index is 1.67. The van der Waals surface area contributed by atoms with Gasteiger partial charge in [0.1, 0.15) is 0 Å². The lowest BCUT2D eigenvalue weighted by Crippen LogP contribution is -1.94. The van der Waals surface area contributed by atoms with Crippen LogP contribution >= 0.6 is 11.3 Å². The molecule has 0 saturated carbocycles. The smallest absolute Gasteiger partial charge is 0.203 e. The number of thiazole rings is 1. The predicted octanol–water partition coefficient (Wildman–Crippen LogP) is 4.58. The molecular weight excluding hydrogens is 334 g/mol. The fourth-order valence-electron chi connectivity index (χ4n) is 2.28.